The molecule has 178 valence electrons. The Kier molecular flexibility index (Phi) is 8.82. The Bertz CT molecular complexity index is 1110. The number of benzene rings is 2. The molecule has 1 aliphatic rings. The molecule has 7 nitrogen and oxygen atoms in total. The Morgan fingerprint density at radius 2 is 2.00 bits per heavy atom. The van der Waals surface area contributed by atoms with Gasteiger partial charge in [-0.25, -0.2) is 12.8 Å². The fraction of sp³-hybridized carbons (Fsp3) is 0.391. The summed E-state index contributed by atoms with van der Waals surface area (Å²) in [5, 5.41) is 5.92. The Balaban J connectivity index is 1.35. The topological polar surface area (TPSA) is 90.9 Å². The van der Waals surface area contributed by atoms with Gasteiger partial charge in [-0.3, -0.25) is 9.79 Å². The van der Waals surface area contributed by atoms with Crippen LogP contribution in [0.1, 0.15) is 24.0 Å². The molecule has 0 radical (unpaired) electrons. The highest BCUT2D eigenvalue weighted by molar-refractivity contribution is 7.91. The van der Waals surface area contributed by atoms with Crippen LogP contribution >= 0.6 is 11.6 Å². The van der Waals surface area contributed by atoms with Crippen molar-refractivity contribution in [3.63, 3.8) is 0 Å². The number of carbonyl (C=O) groups is 1. The number of aliphatic imine (C=N–C) groups is 1. The molecule has 0 fully saturated rings. The first kappa shape index (κ1) is 25.1. The summed E-state index contributed by atoms with van der Waals surface area (Å²) in [6, 6.07) is 11.4. The third kappa shape index (κ3) is 7.25. The Hall–Kier alpha value is -2.49. The van der Waals surface area contributed by atoms with Gasteiger partial charge < -0.3 is 15.5 Å². The van der Waals surface area contributed by atoms with Crippen LogP contribution in [-0.2, 0) is 21.1 Å². The van der Waals surface area contributed by atoms with Crippen LogP contribution in [0.5, 0.6) is 0 Å². The van der Waals surface area contributed by atoms with E-state index in [1.54, 1.807) is 11.9 Å². The molecule has 0 bridgehead atoms. The molecule has 0 aromatic heterocycles. The highest BCUT2D eigenvalue weighted by atomic mass is 35.5. The third-order valence-corrected chi connectivity index (χ3v) is 7.36. The smallest absolute Gasteiger partial charge is 0.222 e. The van der Waals surface area contributed by atoms with Gasteiger partial charge in [-0.1, -0.05) is 35.9 Å². The SMILES string of the molecule is CN(CCc1ccc(C2=NCCN2)cc1)C(=O)CCCNCS(=O)(=O)c1ccc(F)cc1Cl. The summed E-state index contributed by atoms with van der Waals surface area (Å²) in [5.41, 5.74) is 2.21. The van der Waals surface area contributed by atoms with Crippen molar-refractivity contribution in [2.24, 2.45) is 4.99 Å². The number of carbonyl (C=O) groups excluding carboxylic acids is 1. The van der Waals surface area contributed by atoms with Gasteiger partial charge in [0, 0.05) is 32.1 Å². The van der Waals surface area contributed by atoms with E-state index in [4.69, 9.17) is 11.6 Å². The summed E-state index contributed by atoms with van der Waals surface area (Å²) in [7, 11) is -1.92. The van der Waals surface area contributed by atoms with Crippen molar-refractivity contribution in [1.82, 2.24) is 15.5 Å². The maximum Gasteiger partial charge on any atom is 0.222 e. The predicted octanol–water partition coefficient (Wildman–Crippen LogP) is 2.63. The minimum Gasteiger partial charge on any atom is -0.368 e. The zero-order valence-electron chi connectivity index (χ0n) is 18.5. The van der Waals surface area contributed by atoms with Crippen LogP contribution in [0.3, 0.4) is 0 Å². The number of sulfone groups is 1. The first-order valence-electron chi connectivity index (χ1n) is 10.8. The van der Waals surface area contributed by atoms with E-state index in [-0.39, 0.29) is 21.7 Å². The van der Waals surface area contributed by atoms with Gasteiger partial charge in [-0.15, -0.1) is 0 Å². The highest BCUT2D eigenvalue weighted by Gasteiger charge is 2.18. The first-order chi connectivity index (χ1) is 15.8. The van der Waals surface area contributed by atoms with Gasteiger partial charge in [0.05, 0.1) is 16.5 Å². The first-order valence-corrected chi connectivity index (χ1v) is 12.8. The molecule has 1 amide bonds. The molecule has 33 heavy (non-hydrogen) atoms. The fourth-order valence-corrected chi connectivity index (χ4v) is 5.13. The van der Waals surface area contributed by atoms with E-state index in [1.165, 1.54) is 0 Å². The molecule has 2 aromatic carbocycles. The average Bonchev–Trinajstić information content (AvgIpc) is 3.32. The maximum absolute atomic E-state index is 13.1. The number of rotatable bonds is 11. The lowest BCUT2D eigenvalue weighted by Gasteiger charge is -2.17. The van der Waals surface area contributed by atoms with E-state index in [9.17, 15) is 17.6 Å². The van der Waals surface area contributed by atoms with Gasteiger partial charge in [0.2, 0.25) is 5.91 Å². The number of halogens is 2. The number of hydrogen-bond donors (Lipinski definition) is 2. The van der Waals surface area contributed by atoms with Crippen LogP contribution in [-0.4, -0.2) is 64.2 Å². The second-order valence-electron chi connectivity index (χ2n) is 7.86. The van der Waals surface area contributed by atoms with Crippen molar-refractivity contribution < 1.29 is 17.6 Å². The molecule has 0 unspecified atom stereocenters. The molecule has 0 spiro atoms. The third-order valence-electron chi connectivity index (χ3n) is 5.33. The lowest BCUT2D eigenvalue weighted by molar-refractivity contribution is -0.129. The quantitative estimate of drug-likeness (QED) is 0.370. The van der Waals surface area contributed by atoms with Crippen molar-refractivity contribution >= 4 is 33.2 Å². The van der Waals surface area contributed by atoms with E-state index >= 15 is 0 Å². The predicted molar refractivity (Wildman–Crippen MR) is 128 cm³/mol. The molecular weight excluding hydrogens is 467 g/mol. The van der Waals surface area contributed by atoms with Gasteiger partial charge in [-0.05, 0) is 43.1 Å². The molecular formula is C23H28ClFN4O3S. The van der Waals surface area contributed by atoms with Crippen molar-refractivity contribution in [3.05, 3.63) is 64.4 Å². The number of nitrogens with zero attached hydrogens (tertiary/aromatic N) is 2. The van der Waals surface area contributed by atoms with Gasteiger partial charge in [-0.2, -0.15) is 0 Å². The van der Waals surface area contributed by atoms with Crippen LogP contribution in [0.15, 0.2) is 52.4 Å². The van der Waals surface area contributed by atoms with Crippen molar-refractivity contribution in [1.29, 1.82) is 0 Å². The van der Waals surface area contributed by atoms with Crippen molar-refractivity contribution in [2.45, 2.75) is 24.2 Å². The van der Waals surface area contributed by atoms with E-state index in [1.807, 2.05) is 24.3 Å². The summed E-state index contributed by atoms with van der Waals surface area (Å²) in [6.45, 7) is 2.63. The summed E-state index contributed by atoms with van der Waals surface area (Å²) >= 11 is 5.84. The largest absolute Gasteiger partial charge is 0.368 e. The number of nitrogens with one attached hydrogen (secondary N) is 2. The molecule has 0 atom stereocenters. The lowest BCUT2D eigenvalue weighted by Crippen LogP contribution is -2.30. The van der Waals surface area contributed by atoms with E-state index in [0.29, 0.717) is 25.9 Å². The van der Waals surface area contributed by atoms with Crippen LogP contribution in [0.2, 0.25) is 5.02 Å². The van der Waals surface area contributed by atoms with Gasteiger partial charge in [0.1, 0.15) is 17.5 Å². The molecule has 0 saturated carbocycles. The van der Waals surface area contributed by atoms with Gasteiger partial charge >= 0.3 is 0 Å². The minimum absolute atomic E-state index is 0.00219. The Morgan fingerprint density at radius 1 is 1.24 bits per heavy atom. The summed E-state index contributed by atoms with van der Waals surface area (Å²) in [6.07, 6.45) is 1.56. The molecule has 0 aliphatic carbocycles. The van der Waals surface area contributed by atoms with E-state index in [0.717, 1.165) is 54.7 Å². The molecule has 3 rings (SSSR count). The highest BCUT2D eigenvalue weighted by Crippen LogP contribution is 2.22. The number of likely N-dealkylation sites (N-methyl/N-ethyl adjacent to an activating group) is 1. The van der Waals surface area contributed by atoms with Gasteiger partial charge in [0.25, 0.3) is 0 Å². The summed E-state index contributed by atoms with van der Waals surface area (Å²) in [5.74, 6) is 0.00149. The maximum atomic E-state index is 13.1. The van der Waals surface area contributed by atoms with Gasteiger partial charge in [0.15, 0.2) is 9.84 Å². The molecule has 10 heteroatoms. The molecule has 1 aliphatic heterocycles. The molecule has 1 heterocycles. The second-order valence-corrected chi connectivity index (χ2v) is 10.2. The number of hydrogen-bond acceptors (Lipinski definition) is 6. The summed E-state index contributed by atoms with van der Waals surface area (Å²) in [4.78, 5) is 18.3. The number of amides is 1. The molecule has 2 aromatic rings. The second kappa shape index (κ2) is 11.6. The van der Waals surface area contributed by atoms with Crippen molar-refractivity contribution in [3.8, 4) is 0 Å². The Labute approximate surface area is 199 Å². The monoisotopic (exact) mass is 494 g/mol. The zero-order chi connectivity index (χ0) is 23.8. The summed E-state index contributed by atoms with van der Waals surface area (Å²) < 4.78 is 37.8. The molecule has 2 N–H and O–H groups in total. The minimum atomic E-state index is -3.69. The normalized spacial score (nSPS) is 13.5. The zero-order valence-corrected chi connectivity index (χ0v) is 20.1. The lowest BCUT2D eigenvalue weighted by atomic mass is 10.1. The van der Waals surface area contributed by atoms with E-state index < -0.39 is 15.7 Å². The fourth-order valence-electron chi connectivity index (χ4n) is 3.41. The average molecular weight is 495 g/mol. The van der Waals surface area contributed by atoms with Crippen LogP contribution < -0.4 is 10.6 Å². The van der Waals surface area contributed by atoms with Crippen molar-refractivity contribution in [2.75, 3.05) is 39.1 Å². The molecule has 0 saturated heterocycles. The van der Waals surface area contributed by atoms with Crippen LogP contribution in [0.4, 0.5) is 4.39 Å². The van der Waals surface area contributed by atoms with Crippen LogP contribution in [0.25, 0.3) is 0 Å². The standard InChI is InChI=1S/C23H28ClFN4O3S/c1-29(14-10-17-4-6-18(7-5-17)23-27-12-13-28-23)22(30)3-2-11-26-16-33(31,32)21-9-8-19(25)15-20(21)24/h4-9,15,26H,2-3,10-14,16H2,1H3,(H,27,28). The van der Waals surface area contributed by atoms with Crippen LogP contribution in [0, 0.1) is 5.82 Å². The Morgan fingerprint density at radius 3 is 2.67 bits per heavy atom. The van der Waals surface area contributed by atoms with E-state index in [2.05, 4.69) is 15.6 Å². The number of amidine groups is 1.